The van der Waals surface area contributed by atoms with Gasteiger partial charge in [-0.2, -0.15) is 13.2 Å². The molecule has 0 aliphatic heterocycles. The number of hydrogen-bond donors (Lipinski definition) is 1. The van der Waals surface area contributed by atoms with Crippen molar-refractivity contribution in [3.8, 4) is 5.75 Å². The van der Waals surface area contributed by atoms with Crippen LogP contribution in [0.3, 0.4) is 0 Å². The average molecular weight is 297 g/mol. The van der Waals surface area contributed by atoms with Crippen LogP contribution >= 0.6 is 0 Å². The fraction of sp³-hybridized carbons (Fsp3) is 0.133. The molecule has 110 valence electrons. The van der Waals surface area contributed by atoms with Crippen molar-refractivity contribution >= 4 is 11.9 Å². The third kappa shape index (κ3) is 3.21. The summed E-state index contributed by atoms with van der Waals surface area (Å²) in [4.78, 5) is 3.66. The third-order valence-electron chi connectivity index (χ3n) is 2.89. The molecule has 1 N–H and O–H groups in total. The lowest BCUT2D eigenvalue weighted by molar-refractivity contribution is -0.139. The standard InChI is InChI=1S/C15H11F4NO/c1-9-4-2-5-10(14(9)21)8-20-12-7-3-6-11(16)13(12)15(17,18)19/h2-8,21H,1H3. The number of phenolic OH excluding ortho intramolecular Hbond substituents is 1. The van der Waals surface area contributed by atoms with Gasteiger partial charge in [0.1, 0.15) is 17.1 Å². The number of halogens is 4. The third-order valence-corrected chi connectivity index (χ3v) is 2.89. The summed E-state index contributed by atoms with van der Waals surface area (Å²) in [5.74, 6) is -1.46. The SMILES string of the molecule is Cc1cccc(C=Nc2cccc(F)c2C(F)(F)F)c1O. The molecule has 2 aromatic carbocycles. The number of phenols is 1. The predicted molar refractivity (Wildman–Crippen MR) is 71.5 cm³/mol. The van der Waals surface area contributed by atoms with Crippen molar-refractivity contribution in [3.63, 3.8) is 0 Å². The quantitative estimate of drug-likeness (QED) is 0.637. The summed E-state index contributed by atoms with van der Waals surface area (Å²) in [6.07, 6.45) is -3.76. The van der Waals surface area contributed by atoms with Crippen LogP contribution in [-0.4, -0.2) is 11.3 Å². The van der Waals surface area contributed by atoms with Crippen molar-refractivity contribution in [2.45, 2.75) is 13.1 Å². The minimum atomic E-state index is -4.84. The van der Waals surface area contributed by atoms with Crippen LogP contribution in [-0.2, 0) is 6.18 Å². The number of aliphatic imine (C=N–C) groups is 1. The molecule has 0 spiro atoms. The van der Waals surface area contributed by atoms with Gasteiger partial charge in [0, 0.05) is 11.8 Å². The molecule has 6 heteroatoms. The molecule has 0 aromatic heterocycles. The Morgan fingerprint density at radius 3 is 2.43 bits per heavy atom. The van der Waals surface area contributed by atoms with Crippen LogP contribution in [0, 0.1) is 12.7 Å². The number of nitrogens with zero attached hydrogens (tertiary/aromatic N) is 1. The van der Waals surface area contributed by atoms with Gasteiger partial charge >= 0.3 is 6.18 Å². The molecule has 0 atom stereocenters. The highest BCUT2D eigenvalue weighted by molar-refractivity contribution is 5.86. The number of hydrogen-bond acceptors (Lipinski definition) is 2. The Labute approximate surface area is 118 Å². The summed E-state index contributed by atoms with van der Waals surface area (Å²) in [6, 6.07) is 7.72. The molecule has 0 saturated carbocycles. The van der Waals surface area contributed by atoms with Gasteiger partial charge in [0.15, 0.2) is 0 Å². The molecule has 0 fully saturated rings. The van der Waals surface area contributed by atoms with Crippen LogP contribution in [0.15, 0.2) is 41.4 Å². The zero-order valence-electron chi connectivity index (χ0n) is 10.9. The minimum absolute atomic E-state index is 0.0776. The van der Waals surface area contributed by atoms with E-state index in [4.69, 9.17) is 0 Å². The fourth-order valence-electron chi connectivity index (χ4n) is 1.83. The van der Waals surface area contributed by atoms with E-state index in [0.29, 0.717) is 5.56 Å². The van der Waals surface area contributed by atoms with Gasteiger partial charge in [0.25, 0.3) is 0 Å². The number of rotatable bonds is 2. The molecule has 0 aliphatic rings. The van der Waals surface area contributed by atoms with Crippen LogP contribution < -0.4 is 0 Å². The molecule has 0 amide bonds. The van der Waals surface area contributed by atoms with Gasteiger partial charge < -0.3 is 5.11 Å². The monoisotopic (exact) mass is 297 g/mol. The van der Waals surface area contributed by atoms with Gasteiger partial charge in [-0.25, -0.2) is 4.39 Å². The molecule has 2 rings (SSSR count). The predicted octanol–water partition coefficient (Wildman–Crippen LogP) is 4.61. The lowest BCUT2D eigenvalue weighted by Crippen LogP contribution is -2.08. The summed E-state index contributed by atoms with van der Waals surface area (Å²) in [7, 11) is 0. The molecule has 0 unspecified atom stereocenters. The fourth-order valence-corrected chi connectivity index (χ4v) is 1.83. The first-order valence-electron chi connectivity index (χ1n) is 5.99. The van der Waals surface area contributed by atoms with Gasteiger partial charge in [-0.05, 0) is 30.7 Å². The zero-order valence-corrected chi connectivity index (χ0v) is 10.9. The summed E-state index contributed by atoms with van der Waals surface area (Å²) in [5, 5.41) is 9.77. The highest BCUT2D eigenvalue weighted by Gasteiger charge is 2.36. The van der Waals surface area contributed by atoms with Gasteiger partial charge in [-0.1, -0.05) is 18.2 Å². The number of aryl methyl sites for hydroxylation is 1. The Kier molecular flexibility index (Phi) is 3.97. The van der Waals surface area contributed by atoms with E-state index in [9.17, 15) is 22.7 Å². The summed E-state index contributed by atoms with van der Waals surface area (Å²) in [5.41, 5.74) is -1.14. The van der Waals surface area contributed by atoms with E-state index in [1.807, 2.05) is 0 Å². The van der Waals surface area contributed by atoms with Crippen molar-refractivity contribution in [1.82, 2.24) is 0 Å². The molecule has 0 bridgehead atoms. The van der Waals surface area contributed by atoms with Crippen LogP contribution in [0.5, 0.6) is 5.75 Å². The van der Waals surface area contributed by atoms with Crippen LogP contribution in [0.2, 0.25) is 0 Å². The number of aromatic hydroxyl groups is 1. The topological polar surface area (TPSA) is 32.6 Å². The van der Waals surface area contributed by atoms with Crippen molar-refractivity contribution in [2.75, 3.05) is 0 Å². The summed E-state index contributed by atoms with van der Waals surface area (Å²) in [6.45, 7) is 1.65. The van der Waals surface area contributed by atoms with Crippen molar-refractivity contribution in [1.29, 1.82) is 0 Å². The zero-order chi connectivity index (χ0) is 15.6. The molecule has 0 radical (unpaired) electrons. The maximum atomic E-state index is 13.4. The van der Waals surface area contributed by atoms with Gasteiger partial charge in [0.2, 0.25) is 0 Å². The second-order valence-corrected chi connectivity index (χ2v) is 4.40. The van der Waals surface area contributed by atoms with E-state index < -0.39 is 23.2 Å². The summed E-state index contributed by atoms with van der Waals surface area (Å²) >= 11 is 0. The molecule has 0 aliphatic carbocycles. The van der Waals surface area contributed by atoms with Gasteiger partial charge in [0.05, 0.1) is 5.69 Å². The highest BCUT2D eigenvalue weighted by Crippen LogP contribution is 2.38. The summed E-state index contributed by atoms with van der Waals surface area (Å²) < 4.78 is 51.8. The lowest BCUT2D eigenvalue weighted by atomic mass is 10.1. The first-order chi connectivity index (χ1) is 9.80. The Balaban J connectivity index is 2.47. The Bertz CT molecular complexity index is 693. The van der Waals surface area contributed by atoms with Crippen LogP contribution in [0.25, 0.3) is 0 Å². The minimum Gasteiger partial charge on any atom is -0.507 e. The number of para-hydroxylation sites is 1. The number of benzene rings is 2. The molecule has 0 saturated heterocycles. The highest BCUT2D eigenvalue weighted by atomic mass is 19.4. The van der Waals surface area contributed by atoms with Crippen LogP contribution in [0.1, 0.15) is 16.7 Å². The number of alkyl halides is 3. The molecule has 2 aromatic rings. The maximum Gasteiger partial charge on any atom is 0.421 e. The van der Waals surface area contributed by atoms with E-state index in [-0.39, 0.29) is 11.3 Å². The first kappa shape index (κ1) is 15.0. The second-order valence-electron chi connectivity index (χ2n) is 4.40. The first-order valence-corrected chi connectivity index (χ1v) is 5.99. The molecular weight excluding hydrogens is 286 g/mol. The molecular formula is C15H11F4NO. The second kappa shape index (κ2) is 5.55. The molecule has 2 nitrogen and oxygen atoms in total. The van der Waals surface area contributed by atoms with E-state index in [2.05, 4.69) is 4.99 Å². The normalized spacial score (nSPS) is 12.0. The lowest BCUT2D eigenvalue weighted by Gasteiger charge is -2.10. The average Bonchev–Trinajstić information content (AvgIpc) is 2.39. The Morgan fingerprint density at radius 2 is 1.76 bits per heavy atom. The Morgan fingerprint density at radius 1 is 1.10 bits per heavy atom. The maximum absolute atomic E-state index is 13.4. The smallest absolute Gasteiger partial charge is 0.421 e. The van der Waals surface area contributed by atoms with Gasteiger partial charge in [-0.15, -0.1) is 0 Å². The van der Waals surface area contributed by atoms with Crippen molar-refractivity contribution in [3.05, 3.63) is 58.9 Å². The van der Waals surface area contributed by atoms with E-state index in [0.717, 1.165) is 24.4 Å². The Hall–Kier alpha value is -2.37. The molecule has 21 heavy (non-hydrogen) atoms. The molecule has 0 heterocycles. The van der Waals surface area contributed by atoms with E-state index >= 15 is 0 Å². The largest absolute Gasteiger partial charge is 0.507 e. The van der Waals surface area contributed by atoms with Crippen LogP contribution in [0.4, 0.5) is 23.2 Å². The van der Waals surface area contributed by atoms with Crippen molar-refractivity contribution < 1.29 is 22.7 Å². The van der Waals surface area contributed by atoms with Gasteiger partial charge in [-0.3, -0.25) is 4.99 Å². The van der Waals surface area contributed by atoms with Crippen molar-refractivity contribution in [2.24, 2.45) is 4.99 Å². The van der Waals surface area contributed by atoms with E-state index in [1.54, 1.807) is 19.1 Å². The van der Waals surface area contributed by atoms with E-state index in [1.165, 1.54) is 6.07 Å².